The molecule has 0 aromatic carbocycles. The zero-order chi connectivity index (χ0) is 15.2. The highest BCUT2D eigenvalue weighted by Gasteiger charge is 2.19. The molecule has 1 unspecified atom stereocenters. The quantitative estimate of drug-likeness (QED) is 0.791. The topological polar surface area (TPSA) is 68.7 Å². The van der Waals surface area contributed by atoms with Crippen LogP contribution in [0, 0.1) is 0 Å². The zero-order valence-corrected chi connectivity index (χ0v) is 12.7. The normalized spacial score (nSPS) is 17.8. The number of nitrogens with zero attached hydrogens (tertiary/aromatic N) is 3. The number of carbonyl (C=O) groups is 1. The fourth-order valence-electron chi connectivity index (χ4n) is 2.56. The van der Waals surface area contributed by atoms with Crippen molar-refractivity contribution in [1.82, 2.24) is 15.2 Å². The number of aliphatic hydroxyl groups is 1. The third kappa shape index (κ3) is 4.15. The number of hydrogen-bond donors (Lipinski definition) is 2. The van der Waals surface area contributed by atoms with Gasteiger partial charge in [0, 0.05) is 39.4 Å². The van der Waals surface area contributed by atoms with Crippen LogP contribution in [-0.4, -0.2) is 67.3 Å². The van der Waals surface area contributed by atoms with E-state index in [0.717, 1.165) is 25.3 Å². The van der Waals surface area contributed by atoms with Gasteiger partial charge < -0.3 is 20.2 Å². The van der Waals surface area contributed by atoms with E-state index in [1.54, 1.807) is 26.4 Å². The molecule has 2 heterocycles. The fraction of sp³-hybridized carbons (Fsp3) is 0.600. The van der Waals surface area contributed by atoms with Crippen molar-refractivity contribution < 1.29 is 9.90 Å². The number of anilines is 1. The first kappa shape index (κ1) is 15.7. The Morgan fingerprint density at radius 3 is 2.81 bits per heavy atom. The van der Waals surface area contributed by atoms with Crippen LogP contribution in [0.2, 0.25) is 0 Å². The molecule has 6 heteroatoms. The van der Waals surface area contributed by atoms with Crippen molar-refractivity contribution in [2.24, 2.45) is 0 Å². The van der Waals surface area contributed by atoms with Crippen molar-refractivity contribution in [2.45, 2.75) is 18.9 Å². The van der Waals surface area contributed by atoms with Gasteiger partial charge in [0.1, 0.15) is 5.82 Å². The van der Waals surface area contributed by atoms with Crippen molar-refractivity contribution in [3.05, 3.63) is 23.9 Å². The summed E-state index contributed by atoms with van der Waals surface area (Å²) in [6.07, 6.45) is 3.95. The molecule has 1 aromatic heterocycles. The molecule has 1 atom stereocenters. The molecular weight excluding hydrogens is 268 g/mol. The SMILES string of the molecule is CN(C)C(=O)c1ccc(N(CCO)CC2CCCN2)nc1. The molecule has 116 valence electrons. The molecule has 2 rings (SSSR count). The molecule has 1 aromatic rings. The van der Waals surface area contributed by atoms with Gasteiger partial charge in [0.2, 0.25) is 0 Å². The molecule has 1 amide bonds. The highest BCUT2D eigenvalue weighted by Crippen LogP contribution is 2.15. The first-order chi connectivity index (χ1) is 10.1. The van der Waals surface area contributed by atoms with Crippen LogP contribution in [0.15, 0.2) is 18.3 Å². The van der Waals surface area contributed by atoms with Gasteiger partial charge in [0.05, 0.1) is 12.2 Å². The maximum Gasteiger partial charge on any atom is 0.254 e. The Hall–Kier alpha value is -1.66. The molecule has 0 spiro atoms. The van der Waals surface area contributed by atoms with Crippen molar-refractivity contribution in [2.75, 3.05) is 45.2 Å². The largest absolute Gasteiger partial charge is 0.395 e. The van der Waals surface area contributed by atoms with Crippen molar-refractivity contribution in [1.29, 1.82) is 0 Å². The van der Waals surface area contributed by atoms with Gasteiger partial charge in [-0.05, 0) is 31.5 Å². The number of hydrogen-bond acceptors (Lipinski definition) is 5. The van der Waals surface area contributed by atoms with Gasteiger partial charge in [-0.3, -0.25) is 4.79 Å². The molecule has 1 saturated heterocycles. The number of carbonyl (C=O) groups excluding carboxylic acids is 1. The number of pyridine rings is 1. The Balaban J connectivity index is 2.07. The summed E-state index contributed by atoms with van der Waals surface area (Å²) in [6, 6.07) is 4.08. The van der Waals surface area contributed by atoms with Crippen molar-refractivity contribution >= 4 is 11.7 Å². The van der Waals surface area contributed by atoms with Crippen LogP contribution in [0.25, 0.3) is 0 Å². The standard InChI is InChI=1S/C15H24N4O2/c1-18(2)15(21)12-5-6-14(17-10-12)19(8-9-20)11-13-4-3-7-16-13/h5-6,10,13,16,20H,3-4,7-9,11H2,1-2H3. The summed E-state index contributed by atoms with van der Waals surface area (Å²) in [7, 11) is 3.44. The molecular formula is C15H24N4O2. The minimum atomic E-state index is -0.0554. The predicted molar refractivity (Wildman–Crippen MR) is 82.6 cm³/mol. The summed E-state index contributed by atoms with van der Waals surface area (Å²) in [4.78, 5) is 19.8. The van der Waals surface area contributed by atoms with Crippen LogP contribution in [0.4, 0.5) is 5.82 Å². The highest BCUT2D eigenvalue weighted by atomic mass is 16.3. The Morgan fingerprint density at radius 1 is 1.48 bits per heavy atom. The summed E-state index contributed by atoms with van der Waals surface area (Å²) >= 11 is 0. The number of aliphatic hydroxyl groups excluding tert-OH is 1. The number of rotatable bonds is 6. The van der Waals surface area contributed by atoms with Crippen LogP contribution in [0.5, 0.6) is 0 Å². The van der Waals surface area contributed by atoms with E-state index >= 15 is 0 Å². The first-order valence-electron chi connectivity index (χ1n) is 7.38. The second kappa shape index (κ2) is 7.38. The van der Waals surface area contributed by atoms with Gasteiger partial charge in [0.25, 0.3) is 5.91 Å². The summed E-state index contributed by atoms with van der Waals surface area (Å²) in [6.45, 7) is 2.52. The molecule has 0 saturated carbocycles. The smallest absolute Gasteiger partial charge is 0.254 e. The highest BCUT2D eigenvalue weighted by molar-refractivity contribution is 5.93. The molecule has 0 bridgehead atoms. The Labute approximate surface area is 125 Å². The van der Waals surface area contributed by atoms with E-state index in [-0.39, 0.29) is 12.5 Å². The van der Waals surface area contributed by atoms with Crippen LogP contribution >= 0.6 is 0 Å². The van der Waals surface area contributed by atoms with E-state index in [1.165, 1.54) is 11.3 Å². The fourth-order valence-corrected chi connectivity index (χ4v) is 2.56. The number of aromatic nitrogens is 1. The summed E-state index contributed by atoms with van der Waals surface area (Å²) < 4.78 is 0. The molecule has 1 fully saturated rings. The Bertz CT molecular complexity index is 455. The monoisotopic (exact) mass is 292 g/mol. The van der Waals surface area contributed by atoms with E-state index < -0.39 is 0 Å². The molecule has 6 nitrogen and oxygen atoms in total. The molecule has 1 aliphatic rings. The van der Waals surface area contributed by atoms with Gasteiger partial charge in [-0.2, -0.15) is 0 Å². The number of nitrogens with one attached hydrogen (secondary N) is 1. The maximum absolute atomic E-state index is 11.9. The average Bonchev–Trinajstić information content (AvgIpc) is 2.99. The predicted octanol–water partition coefficient (Wildman–Crippen LogP) is 0.334. The van der Waals surface area contributed by atoms with E-state index in [0.29, 0.717) is 18.2 Å². The molecule has 2 N–H and O–H groups in total. The lowest BCUT2D eigenvalue weighted by Gasteiger charge is -2.26. The maximum atomic E-state index is 11.9. The second-order valence-corrected chi connectivity index (χ2v) is 5.57. The first-order valence-corrected chi connectivity index (χ1v) is 7.38. The van der Waals surface area contributed by atoms with Crippen molar-refractivity contribution in [3.8, 4) is 0 Å². The molecule has 0 radical (unpaired) electrons. The van der Waals surface area contributed by atoms with Crippen LogP contribution in [0.3, 0.4) is 0 Å². The minimum Gasteiger partial charge on any atom is -0.395 e. The van der Waals surface area contributed by atoms with Gasteiger partial charge in [-0.1, -0.05) is 0 Å². The van der Waals surface area contributed by atoms with E-state index in [4.69, 9.17) is 0 Å². The lowest BCUT2D eigenvalue weighted by Crippen LogP contribution is -2.39. The van der Waals surface area contributed by atoms with Crippen LogP contribution in [0.1, 0.15) is 23.2 Å². The Morgan fingerprint density at radius 2 is 2.29 bits per heavy atom. The van der Waals surface area contributed by atoms with Crippen LogP contribution < -0.4 is 10.2 Å². The van der Waals surface area contributed by atoms with Gasteiger partial charge in [0.15, 0.2) is 0 Å². The van der Waals surface area contributed by atoms with Crippen molar-refractivity contribution in [3.63, 3.8) is 0 Å². The molecule has 1 aliphatic heterocycles. The lowest BCUT2D eigenvalue weighted by atomic mass is 10.2. The van der Waals surface area contributed by atoms with Gasteiger partial charge in [-0.15, -0.1) is 0 Å². The molecule has 0 aliphatic carbocycles. The molecule has 21 heavy (non-hydrogen) atoms. The third-order valence-electron chi connectivity index (χ3n) is 3.70. The lowest BCUT2D eigenvalue weighted by molar-refractivity contribution is 0.0827. The van der Waals surface area contributed by atoms with E-state index in [1.807, 2.05) is 6.07 Å². The van der Waals surface area contributed by atoms with E-state index in [9.17, 15) is 9.90 Å². The van der Waals surface area contributed by atoms with Gasteiger partial charge >= 0.3 is 0 Å². The summed E-state index contributed by atoms with van der Waals surface area (Å²) in [5.74, 6) is 0.744. The summed E-state index contributed by atoms with van der Waals surface area (Å²) in [5.41, 5.74) is 0.576. The van der Waals surface area contributed by atoms with Gasteiger partial charge in [-0.25, -0.2) is 4.98 Å². The van der Waals surface area contributed by atoms with E-state index in [2.05, 4.69) is 15.2 Å². The zero-order valence-electron chi connectivity index (χ0n) is 12.7. The average molecular weight is 292 g/mol. The summed E-state index contributed by atoms with van der Waals surface area (Å²) in [5, 5.41) is 12.7. The minimum absolute atomic E-state index is 0.0554. The second-order valence-electron chi connectivity index (χ2n) is 5.57. The van der Waals surface area contributed by atoms with Crippen LogP contribution in [-0.2, 0) is 0 Å². The number of amides is 1. The Kier molecular flexibility index (Phi) is 5.52. The third-order valence-corrected chi connectivity index (χ3v) is 3.70.